The Kier molecular flexibility index (Phi) is 26.4. The Hall–Kier alpha value is 0.531. The molecule has 0 aromatic carbocycles. The number of hydrogen-bond donors (Lipinski definition) is 1. The van der Waals surface area contributed by atoms with Crippen molar-refractivity contribution in [2.75, 3.05) is 6.61 Å². The van der Waals surface area contributed by atoms with Crippen molar-refractivity contribution in [1.82, 2.24) is 5.32 Å². The average Bonchev–Trinajstić information content (AvgIpc) is 2.97. The van der Waals surface area contributed by atoms with Crippen molar-refractivity contribution in [3.8, 4) is 0 Å². The molecule has 0 radical (unpaired) electrons. The molecule has 0 spiro atoms. The standard InChI is InChI=1S/C42H97NO7Si6/c1-21-22-23-29-32-38(46-52(6,7)8)39(47-53(9,10)11)33-30-27-25-24-26-28-31-34-40(48-54(12,13)14)42(50-56(18,19)20)41(49-55(15,16)17)37(43-36(2)44)35-45-51(3,4)5/h37-42H,21-35H2,1-20H3,(H,43,44). The number of carbonyl (C=O) groups excluding carboxylic acids is 1. The summed E-state index contributed by atoms with van der Waals surface area (Å²) in [5.41, 5.74) is 0. The highest BCUT2D eigenvalue weighted by atomic mass is 28.4. The molecule has 14 heteroatoms. The zero-order chi connectivity index (χ0) is 43.6. The van der Waals surface area contributed by atoms with Gasteiger partial charge in [0.15, 0.2) is 49.9 Å². The fourth-order valence-corrected chi connectivity index (χ4v) is 13.4. The van der Waals surface area contributed by atoms with Crippen molar-refractivity contribution in [2.24, 2.45) is 0 Å². The molecule has 1 N–H and O–H groups in total. The van der Waals surface area contributed by atoms with E-state index in [1.165, 1.54) is 64.2 Å². The first-order valence-electron chi connectivity index (χ1n) is 22.6. The van der Waals surface area contributed by atoms with E-state index < -0.39 is 49.9 Å². The van der Waals surface area contributed by atoms with Gasteiger partial charge in [0.2, 0.25) is 5.91 Å². The molecule has 0 bridgehead atoms. The van der Waals surface area contributed by atoms with E-state index in [-0.39, 0.29) is 42.5 Å². The molecule has 0 aromatic rings. The van der Waals surface area contributed by atoms with E-state index in [2.05, 4.69) is 130 Å². The number of nitrogens with one attached hydrogen (secondary N) is 1. The Labute approximate surface area is 355 Å². The van der Waals surface area contributed by atoms with E-state index in [4.69, 9.17) is 26.6 Å². The third-order valence-corrected chi connectivity index (χ3v) is 14.9. The van der Waals surface area contributed by atoms with Crippen LogP contribution in [0.25, 0.3) is 0 Å². The minimum Gasteiger partial charge on any atom is -0.415 e. The maximum atomic E-state index is 12.7. The zero-order valence-electron chi connectivity index (χ0n) is 40.9. The Bertz CT molecular complexity index is 1050. The van der Waals surface area contributed by atoms with Crippen molar-refractivity contribution >= 4 is 55.8 Å². The van der Waals surface area contributed by atoms with E-state index in [1.54, 1.807) is 6.92 Å². The van der Waals surface area contributed by atoms with Crippen LogP contribution in [0.3, 0.4) is 0 Å². The van der Waals surface area contributed by atoms with Gasteiger partial charge in [-0.05, 0) is 137 Å². The summed E-state index contributed by atoms with van der Waals surface area (Å²) < 4.78 is 41.4. The van der Waals surface area contributed by atoms with E-state index in [9.17, 15) is 4.79 Å². The average molecular weight is 897 g/mol. The predicted molar refractivity (Wildman–Crippen MR) is 258 cm³/mol. The lowest BCUT2D eigenvalue weighted by molar-refractivity contribution is -0.122. The zero-order valence-corrected chi connectivity index (χ0v) is 46.9. The summed E-state index contributed by atoms with van der Waals surface area (Å²) >= 11 is 0. The van der Waals surface area contributed by atoms with Crippen molar-refractivity contribution in [3.63, 3.8) is 0 Å². The molecule has 0 aliphatic rings. The lowest BCUT2D eigenvalue weighted by Gasteiger charge is -2.45. The first-order chi connectivity index (χ1) is 25.3. The predicted octanol–water partition coefficient (Wildman–Crippen LogP) is 12.9. The quantitative estimate of drug-likeness (QED) is 0.0519. The summed E-state index contributed by atoms with van der Waals surface area (Å²) in [6.07, 6.45) is 16.3. The van der Waals surface area contributed by atoms with E-state index in [0.717, 1.165) is 25.7 Å². The van der Waals surface area contributed by atoms with E-state index in [1.807, 2.05) is 0 Å². The molecule has 56 heavy (non-hydrogen) atoms. The molecule has 8 nitrogen and oxygen atoms in total. The van der Waals surface area contributed by atoms with Crippen LogP contribution in [0, 0.1) is 0 Å². The second-order valence-electron chi connectivity index (χ2n) is 22.3. The van der Waals surface area contributed by atoms with Crippen LogP contribution in [-0.2, 0) is 31.4 Å². The molecular weight excluding hydrogens is 799 g/mol. The summed E-state index contributed by atoms with van der Waals surface area (Å²) in [6.45, 7) is 45.0. The fourth-order valence-electron chi connectivity index (χ4n) is 7.01. The largest absolute Gasteiger partial charge is 0.415 e. The van der Waals surface area contributed by atoms with Gasteiger partial charge in [-0.15, -0.1) is 0 Å². The normalized spacial score (nSPS) is 17.0. The Morgan fingerprint density at radius 3 is 1.09 bits per heavy atom. The fraction of sp³-hybridized carbons (Fsp3) is 0.976. The summed E-state index contributed by atoms with van der Waals surface area (Å²) in [5, 5.41) is 3.24. The monoisotopic (exact) mass is 896 g/mol. The third kappa shape index (κ3) is 32.3. The molecular formula is C42H97NO7Si6. The Morgan fingerprint density at radius 2 is 0.750 bits per heavy atom. The van der Waals surface area contributed by atoms with Gasteiger partial charge in [-0.25, -0.2) is 0 Å². The molecule has 336 valence electrons. The topological polar surface area (TPSA) is 84.5 Å². The first kappa shape index (κ1) is 56.5. The van der Waals surface area contributed by atoms with Crippen LogP contribution in [0.15, 0.2) is 0 Å². The van der Waals surface area contributed by atoms with Crippen LogP contribution in [0.1, 0.15) is 104 Å². The molecule has 0 fully saturated rings. The van der Waals surface area contributed by atoms with Crippen molar-refractivity contribution in [3.05, 3.63) is 0 Å². The molecule has 0 heterocycles. The molecule has 0 aliphatic heterocycles. The van der Waals surface area contributed by atoms with Gasteiger partial charge < -0.3 is 31.9 Å². The minimum absolute atomic E-state index is 0.0750. The molecule has 0 rings (SSSR count). The summed E-state index contributed by atoms with van der Waals surface area (Å²) in [6, 6.07) is -0.325. The number of rotatable bonds is 33. The van der Waals surface area contributed by atoms with Crippen LogP contribution < -0.4 is 5.32 Å². The van der Waals surface area contributed by atoms with Gasteiger partial charge in [-0.1, -0.05) is 77.6 Å². The Balaban J connectivity index is 5.82. The highest BCUT2D eigenvalue weighted by Crippen LogP contribution is 2.30. The van der Waals surface area contributed by atoms with Crippen LogP contribution >= 0.6 is 0 Å². The molecule has 0 aromatic heterocycles. The molecule has 1 amide bonds. The molecule has 0 aliphatic carbocycles. The van der Waals surface area contributed by atoms with Gasteiger partial charge in [0.25, 0.3) is 0 Å². The van der Waals surface area contributed by atoms with Gasteiger partial charge >= 0.3 is 0 Å². The summed E-state index contributed by atoms with van der Waals surface area (Å²) in [4.78, 5) is 12.7. The van der Waals surface area contributed by atoms with Gasteiger partial charge in [0, 0.05) is 6.92 Å². The highest BCUT2D eigenvalue weighted by Gasteiger charge is 2.43. The van der Waals surface area contributed by atoms with Crippen molar-refractivity contribution < 1.29 is 31.4 Å². The molecule has 6 atom stereocenters. The van der Waals surface area contributed by atoms with Crippen LogP contribution in [-0.4, -0.2) is 99.0 Å². The van der Waals surface area contributed by atoms with E-state index >= 15 is 0 Å². The smallest absolute Gasteiger partial charge is 0.217 e. The number of hydrogen-bond acceptors (Lipinski definition) is 7. The number of unbranched alkanes of at least 4 members (excludes halogenated alkanes) is 9. The second kappa shape index (κ2) is 26.1. The molecule has 6 unspecified atom stereocenters. The van der Waals surface area contributed by atoms with Gasteiger partial charge in [0.1, 0.15) is 0 Å². The first-order valence-corrected chi connectivity index (χ1v) is 43.1. The Morgan fingerprint density at radius 1 is 0.429 bits per heavy atom. The van der Waals surface area contributed by atoms with Crippen LogP contribution in [0.5, 0.6) is 0 Å². The van der Waals surface area contributed by atoms with Crippen LogP contribution in [0.2, 0.25) is 118 Å². The van der Waals surface area contributed by atoms with Gasteiger partial charge in [0.05, 0.1) is 43.2 Å². The molecule has 0 saturated heterocycles. The maximum Gasteiger partial charge on any atom is 0.217 e. The van der Waals surface area contributed by atoms with Gasteiger partial charge in [-0.3, -0.25) is 4.79 Å². The number of amides is 1. The van der Waals surface area contributed by atoms with Crippen molar-refractivity contribution in [1.29, 1.82) is 0 Å². The lowest BCUT2D eigenvalue weighted by atomic mass is 9.96. The van der Waals surface area contributed by atoms with E-state index in [0.29, 0.717) is 6.61 Å². The third-order valence-electron chi connectivity index (χ3n) is 8.90. The minimum atomic E-state index is -2.07. The van der Waals surface area contributed by atoms with Crippen LogP contribution in [0.4, 0.5) is 0 Å². The molecule has 0 saturated carbocycles. The summed E-state index contributed by atoms with van der Waals surface area (Å²) in [5.74, 6) is -0.0750. The second-order valence-corrected chi connectivity index (χ2v) is 49.1. The number of carbonyl (C=O) groups is 1. The maximum absolute atomic E-state index is 12.7. The SMILES string of the molecule is CCCCCCC(O[Si](C)(C)C)C(CCCCCCCCCC(O[Si](C)(C)C)C(O[Si](C)(C)C)C(O[Si](C)(C)C)C(CO[Si](C)(C)C)NC(C)=O)O[Si](C)(C)C. The summed E-state index contributed by atoms with van der Waals surface area (Å²) in [7, 11) is -11.3. The van der Waals surface area contributed by atoms with Crippen molar-refractivity contribution in [2.45, 2.75) is 258 Å². The van der Waals surface area contributed by atoms with Gasteiger partial charge in [-0.2, -0.15) is 0 Å². The lowest BCUT2D eigenvalue weighted by Crippen LogP contribution is -2.61. The highest BCUT2D eigenvalue weighted by molar-refractivity contribution is 6.71.